The van der Waals surface area contributed by atoms with Crippen molar-refractivity contribution < 1.29 is 14.3 Å². The number of carbonyl (C=O) groups excluding carboxylic acids is 1. The molecule has 0 saturated carbocycles. The SMILES string of the molecule is COCCOC(C)C(=O)Nc1ccccc1C#N. The Morgan fingerprint density at radius 1 is 1.44 bits per heavy atom. The lowest BCUT2D eigenvalue weighted by atomic mass is 10.2. The van der Waals surface area contributed by atoms with Gasteiger partial charge < -0.3 is 14.8 Å². The molecule has 1 unspecified atom stereocenters. The molecule has 0 aliphatic rings. The molecule has 0 fully saturated rings. The topological polar surface area (TPSA) is 71.3 Å². The molecule has 0 bridgehead atoms. The zero-order valence-electron chi connectivity index (χ0n) is 10.5. The molecule has 0 radical (unpaired) electrons. The standard InChI is InChI=1S/C13H16N2O3/c1-10(18-8-7-17-2)13(16)15-12-6-4-3-5-11(12)9-14/h3-6,10H,7-8H2,1-2H3,(H,15,16). The molecule has 1 atom stereocenters. The number of amides is 1. The fourth-order valence-electron chi connectivity index (χ4n) is 1.31. The highest BCUT2D eigenvalue weighted by molar-refractivity contribution is 5.95. The Kier molecular flexibility index (Phi) is 5.85. The van der Waals surface area contributed by atoms with Crippen LogP contribution in [-0.4, -0.2) is 32.3 Å². The molecule has 0 aromatic heterocycles. The van der Waals surface area contributed by atoms with Crippen LogP contribution in [-0.2, 0) is 14.3 Å². The first-order chi connectivity index (χ1) is 8.69. The number of nitriles is 1. The lowest BCUT2D eigenvalue weighted by Gasteiger charge is -2.13. The maximum atomic E-state index is 11.8. The number of anilines is 1. The average Bonchev–Trinajstić information content (AvgIpc) is 2.39. The summed E-state index contributed by atoms with van der Waals surface area (Å²) in [5.41, 5.74) is 0.919. The predicted molar refractivity (Wildman–Crippen MR) is 67.1 cm³/mol. The summed E-state index contributed by atoms with van der Waals surface area (Å²) in [5.74, 6) is -0.284. The first kappa shape index (κ1) is 14.2. The number of ether oxygens (including phenoxy) is 2. The Labute approximate surface area is 106 Å². The van der Waals surface area contributed by atoms with Crippen LogP contribution >= 0.6 is 0 Å². The number of para-hydroxylation sites is 1. The van der Waals surface area contributed by atoms with E-state index < -0.39 is 6.10 Å². The molecule has 18 heavy (non-hydrogen) atoms. The fraction of sp³-hybridized carbons (Fsp3) is 0.385. The van der Waals surface area contributed by atoms with E-state index in [1.54, 1.807) is 38.3 Å². The molecule has 0 aliphatic carbocycles. The Morgan fingerprint density at radius 3 is 2.83 bits per heavy atom. The van der Waals surface area contributed by atoms with Crippen molar-refractivity contribution in [3.8, 4) is 6.07 Å². The highest BCUT2D eigenvalue weighted by Gasteiger charge is 2.14. The number of rotatable bonds is 6. The quantitative estimate of drug-likeness (QED) is 0.775. The Bertz CT molecular complexity index is 440. The van der Waals surface area contributed by atoms with E-state index in [4.69, 9.17) is 14.7 Å². The number of nitrogens with zero attached hydrogens (tertiary/aromatic N) is 1. The molecule has 0 aliphatic heterocycles. The summed E-state index contributed by atoms with van der Waals surface area (Å²) in [5, 5.41) is 11.6. The van der Waals surface area contributed by atoms with Crippen LogP contribution in [0, 0.1) is 11.3 Å². The van der Waals surface area contributed by atoms with Gasteiger partial charge in [0.15, 0.2) is 0 Å². The molecule has 1 aromatic carbocycles. The maximum absolute atomic E-state index is 11.8. The van der Waals surface area contributed by atoms with Crippen LogP contribution in [0.15, 0.2) is 24.3 Å². The summed E-state index contributed by atoms with van der Waals surface area (Å²) in [7, 11) is 1.57. The molecule has 5 nitrogen and oxygen atoms in total. The molecule has 0 saturated heterocycles. The lowest BCUT2D eigenvalue weighted by molar-refractivity contribution is -0.127. The Hall–Kier alpha value is -1.90. The summed E-state index contributed by atoms with van der Waals surface area (Å²) in [6, 6.07) is 8.84. The molecule has 0 spiro atoms. The molecular weight excluding hydrogens is 232 g/mol. The third-order valence-electron chi connectivity index (χ3n) is 2.33. The molecule has 5 heteroatoms. The largest absolute Gasteiger partial charge is 0.382 e. The van der Waals surface area contributed by atoms with Crippen molar-refractivity contribution in [2.24, 2.45) is 0 Å². The van der Waals surface area contributed by atoms with Gasteiger partial charge in [-0.25, -0.2) is 0 Å². The summed E-state index contributed by atoms with van der Waals surface area (Å²) in [6.45, 7) is 2.44. The average molecular weight is 248 g/mol. The second-order valence-electron chi connectivity index (χ2n) is 3.65. The second kappa shape index (κ2) is 7.43. The molecule has 1 N–H and O–H groups in total. The van der Waals surface area contributed by atoms with E-state index in [0.29, 0.717) is 24.5 Å². The number of nitrogens with one attached hydrogen (secondary N) is 1. The smallest absolute Gasteiger partial charge is 0.253 e. The Balaban J connectivity index is 2.56. The number of methoxy groups -OCH3 is 1. The highest BCUT2D eigenvalue weighted by Crippen LogP contribution is 2.14. The minimum Gasteiger partial charge on any atom is -0.382 e. The van der Waals surface area contributed by atoms with E-state index in [2.05, 4.69) is 5.32 Å². The van der Waals surface area contributed by atoms with Crippen molar-refractivity contribution in [3.63, 3.8) is 0 Å². The van der Waals surface area contributed by atoms with Crippen molar-refractivity contribution in [2.45, 2.75) is 13.0 Å². The first-order valence-corrected chi connectivity index (χ1v) is 5.59. The highest BCUT2D eigenvalue weighted by atomic mass is 16.5. The number of hydrogen-bond acceptors (Lipinski definition) is 4. The van der Waals surface area contributed by atoms with Crippen molar-refractivity contribution in [2.75, 3.05) is 25.6 Å². The van der Waals surface area contributed by atoms with E-state index in [-0.39, 0.29) is 5.91 Å². The fourth-order valence-corrected chi connectivity index (χ4v) is 1.31. The summed E-state index contributed by atoms with van der Waals surface area (Å²) >= 11 is 0. The molecule has 1 rings (SSSR count). The molecule has 1 aromatic rings. The van der Waals surface area contributed by atoms with Crippen LogP contribution in [0.4, 0.5) is 5.69 Å². The van der Waals surface area contributed by atoms with Gasteiger partial charge in [-0.3, -0.25) is 4.79 Å². The van der Waals surface area contributed by atoms with Gasteiger partial charge in [0.1, 0.15) is 12.2 Å². The number of benzene rings is 1. The molecule has 1 amide bonds. The van der Waals surface area contributed by atoms with Gasteiger partial charge >= 0.3 is 0 Å². The van der Waals surface area contributed by atoms with Crippen molar-refractivity contribution in [1.29, 1.82) is 5.26 Å². The third kappa shape index (κ3) is 4.17. The summed E-state index contributed by atoms with van der Waals surface area (Å²) < 4.78 is 10.1. The van der Waals surface area contributed by atoms with Crippen LogP contribution in [0.2, 0.25) is 0 Å². The van der Waals surface area contributed by atoms with E-state index in [1.165, 1.54) is 0 Å². The van der Waals surface area contributed by atoms with Gasteiger partial charge in [-0.05, 0) is 19.1 Å². The van der Waals surface area contributed by atoms with Crippen molar-refractivity contribution >= 4 is 11.6 Å². The second-order valence-corrected chi connectivity index (χ2v) is 3.65. The van der Waals surface area contributed by atoms with Gasteiger partial charge in [0.05, 0.1) is 24.5 Å². The van der Waals surface area contributed by atoms with Crippen LogP contribution in [0.5, 0.6) is 0 Å². The van der Waals surface area contributed by atoms with E-state index in [9.17, 15) is 4.79 Å². The number of hydrogen-bond donors (Lipinski definition) is 1. The van der Waals surface area contributed by atoms with Crippen LogP contribution in [0.1, 0.15) is 12.5 Å². The van der Waals surface area contributed by atoms with Gasteiger partial charge in [0, 0.05) is 7.11 Å². The van der Waals surface area contributed by atoms with Crippen LogP contribution < -0.4 is 5.32 Å². The van der Waals surface area contributed by atoms with Gasteiger partial charge in [-0.2, -0.15) is 5.26 Å². The monoisotopic (exact) mass is 248 g/mol. The molecular formula is C13H16N2O3. The molecule has 0 heterocycles. The minimum atomic E-state index is -0.591. The number of carbonyl (C=O) groups is 1. The minimum absolute atomic E-state index is 0.284. The third-order valence-corrected chi connectivity index (χ3v) is 2.33. The zero-order valence-corrected chi connectivity index (χ0v) is 10.5. The van der Waals surface area contributed by atoms with Gasteiger partial charge in [0.2, 0.25) is 0 Å². The normalized spacial score (nSPS) is 11.6. The van der Waals surface area contributed by atoms with E-state index >= 15 is 0 Å². The van der Waals surface area contributed by atoms with E-state index in [0.717, 1.165) is 0 Å². The van der Waals surface area contributed by atoms with Gasteiger partial charge in [0.25, 0.3) is 5.91 Å². The maximum Gasteiger partial charge on any atom is 0.253 e. The first-order valence-electron chi connectivity index (χ1n) is 5.59. The lowest BCUT2D eigenvalue weighted by Crippen LogP contribution is -2.29. The van der Waals surface area contributed by atoms with Gasteiger partial charge in [-0.15, -0.1) is 0 Å². The van der Waals surface area contributed by atoms with Crippen molar-refractivity contribution in [3.05, 3.63) is 29.8 Å². The zero-order chi connectivity index (χ0) is 13.4. The summed E-state index contributed by atoms with van der Waals surface area (Å²) in [6.07, 6.45) is -0.591. The van der Waals surface area contributed by atoms with E-state index in [1.807, 2.05) is 6.07 Å². The van der Waals surface area contributed by atoms with Gasteiger partial charge in [-0.1, -0.05) is 12.1 Å². The predicted octanol–water partition coefficient (Wildman–Crippen LogP) is 1.55. The molecule has 96 valence electrons. The Morgan fingerprint density at radius 2 is 2.17 bits per heavy atom. The van der Waals surface area contributed by atoms with Crippen LogP contribution in [0.25, 0.3) is 0 Å². The van der Waals surface area contributed by atoms with Crippen molar-refractivity contribution in [1.82, 2.24) is 0 Å². The van der Waals surface area contributed by atoms with Crippen LogP contribution in [0.3, 0.4) is 0 Å². The summed E-state index contributed by atoms with van der Waals surface area (Å²) in [4.78, 5) is 11.8.